The standard InChI is InChI=1S/C25H42O5Si/c1-5-6-15-25(30,17-18-31(2,3)4)16-11-13-21-20(22(26)19-23(21)27)12-9-7-8-10-14-24(28)29/h11,13,20-21,23,27,30H,5-10,12,14-16,19H2,1-4H3,(H,28,29)/t20-,21-,23-,25?/m1/s1. The summed E-state index contributed by atoms with van der Waals surface area (Å²) in [6.07, 6.45) is 10.4. The van der Waals surface area contributed by atoms with Crippen LogP contribution in [0.2, 0.25) is 19.6 Å². The van der Waals surface area contributed by atoms with Crippen molar-refractivity contribution in [3.8, 4) is 11.5 Å². The number of ketones is 1. The monoisotopic (exact) mass is 450 g/mol. The van der Waals surface area contributed by atoms with Crippen molar-refractivity contribution in [2.75, 3.05) is 0 Å². The molecule has 4 atom stereocenters. The highest BCUT2D eigenvalue weighted by Crippen LogP contribution is 2.34. The molecule has 0 amide bonds. The largest absolute Gasteiger partial charge is 0.481 e. The fraction of sp³-hybridized carbons (Fsp3) is 0.760. The fourth-order valence-corrected chi connectivity index (χ4v) is 4.60. The molecule has 0 aromatic carbocycles. The molecule has 0 aromatic rings. The van der Waals surface area contributed by atoms with Gasteiger partial charge in [0.15, 0.2) is 0 Å². The summed E-state index contributed by atoms with van der Waals surface area (Å²) in [5.74, 6) is 2.06. The van der Waals surface area contributed by atoms with Gasteiger partial charge in [0.2, 0.25) is 0 Å². The molecule has 1 saturated carbocycles. The lowest BCUT2D eigenvalue weighted by molar-refractivity contribution is -0.137. The lowest BCUT2D eigenvalue weighted by atomic mass is 9.87. The van der Waals surface area contributed by atoms with Gasteiger partial charge in [0.05, 0.1) is 6.10 Å². The number of aliphatic carboxylic acids is 1. The summed E-state index contributed by atoms with van der Waals surface area (Å²) in [5.41, 5.74) is 2.24. The predicted octanol–water partition coefficient (Wildman–Crippen LogP) is 4.73. The normalized spacial score (nSPS) is 23.5. The third-order valence-electron chi connectivity index (χ3n) is 5.82. The number of unbranched alkanes of at least 4 members (excludes halogenated alkanes) is 4. The van der Waals surface area contributed by atoms with Crippen LogP contribution in [0.1, 0.15) is 77.6 Å². The van der Waals surface area contributed by atoms with Gasteiger partial charge in [0.25, 0.3) is 0 Å². The van der Waals surface area contributed by atoms with Gasteiger partial charge in [0, 0.05) is 31.1 Å². The third kappa shape index (κ3) is 11.1. The van der Waals surface area contributed by atoms with Crippen LogP contribution in [0.25, 0.3) is 0 Å². The zero-order valence-electron chi connectivity index (χ0n) is 19.8. The van der Waals surface area contributed by atoms with Crippen molar-refractivity contribution in [3.05, 3.63) is 12.2 Å². The molecule has 0 radical (unpaired) electrons. The maximum Gasteiger partial charge on any atom is 0.303 e. The molecule has 0 spiro atoms. The minimum atomic E-state index is -1.60. The minimum Gasteiger partial charge on any atom is -0.481 e. The van der Waals surface area contributed by atoms with E-state index in [9.17, 15) is 19.8 Å². The fourth-order valence-electron chi connectivity index (χ4n) is 4.00. The van der Waals surface area contributed by atoms with Crippen molar-refractivity contribution in [2.45, 2.75) is 109 Å². The van der Waals surface area contributed by atoms with E-state index in [2.05, 4.69) is 38.0 Å². The highest BCUT2D eigenvalue weighted by atomic mass is 28.3. The van der Waals surface area contributed by atoms with Gasteiger partial charge in [-0.05, 0) is 25.7 Å². The molecule has 5 nitrogen and oxygen atoms in total. The average molecular weight is 451 g/mol. The number of hydrogen-bond acceptors (Lipinski definition) is 4. The van der Waals surface area contributed by atoms with E-state index in [1.165, 1.54) is 0 Å². The molecule has 0 heterocycles. The second-order valence-corrected chi connectivity index (χ2v) is 14.8. The van der Waals surface area contributed by atoms with Gasteiger partial charge in [-0.15, -0.1) is 5.54 Å². The molecule has 6 heteroatoms. The molecule has 1 aliphatic carbocycles. The molecule has 0 saturated heterocycles. The first kappa shape index (κ1) is 27.6. The first-order valence-corrected chi connectivity index (χ1v) is 15.3. The Labute approximate surface area is 189 Å². The number of carbonyl (C=O) groups excluding carboxylic acids is 1. The number of aliphatic hydroxyl groups is 2. The van der Waals surface area contributed by atoms with Gasteiger partial charge in [-0.2, -0.15) is 0 Å². The Morgan fingerprint density at radius 1 is 1.19 bits per heavy atom. The summed E-state index contributed by atoms with van der Waals surface area (Å²) in [4.78, 5) is 23.0. The van der Waals surface area contributed by atoms with Gasteiger partial charge in [0.1, 0.15) is 19.5 Å². The van der Waals surface area contributed by atoms with E-state index in [1.54, 1.807) is 0 Å². The molecule has 3 N–H and O–H groups in total. The Morgan fingerprint density at radius 2 is 1.87 bits per heavy atom. The molecule has 176 valence electrons. The number of carboxylic acid groups (broad SMARTS) is 1. The molecule has 31 heavy (non-hydrogen) atoms. The Morgan fingerprint density at radius 3 is 2.48 bits per heavy atom. The van der Waals surface area contributed by atoms with Crippen molar-refractivity contribution in [3.63, 3.8) is 0 Å². The van der Waals surface area contributed by atoms with Crippen LogP contribution in [0.15, 0.2) is 12.2 Å². The van der Waals surface area contributed by atoms with Crippen molar-refractivity contribution in [1.29, 1.82) is 0 Å². The van der Waals surface area contributed by atoms with Crippen LogP contribution in [-0.2, 0) is 9.59 Å². The zero-order chi connectivity index (χ0) is 23.5. The Bertz CT molecular complexity index is 670. The van der Waals surface area contributed by atoms with E-state index >= 15 is 0 Å². The first-order valence-electron chi connectivity index (χ1n) is 11.8. The Balaban J connectivity index is 2.70. The molecular formula is C25H42O5Si. The van der Waals surface area contributed by atoms with Gasteiger partial charge < -0.3 is 15.3 Å². The molecule has 1 aliphatic rings. The average Bonchev–Trinajstić information content (AvgIpc) is 2.93. The molecule has 0 bridgehead atoms. The van der Waals surface area contributed by atoms with Crippen LogP contribution in [0.5, 0.6) is 0 Å². The topological polar surface area (TPSA) is 94.8 Å². The van der Waals surface area contributed by atoms with Gasteiger partial charge in [-0.3, -0.25) is 9.59 Å². The van der Waals surface area contributed by atoms with Crippen LogP contribution in [0.3, 0.4) is 0 Å². The number of rotatable bonds is 13. The van der Waals surface area contributed by atoms with E-state index in [0.717, 1.165) is 32.1 Å². The molecule has 1 rings (SSSR count). The number of carbonyl (C=O) groups is 2. The Kier molecular flexibility index (Phi) is 11.8. The van der Waals surface area contributed by atoms with E-state index in [4.69, 9.17) is 5.11 Å². The second kappa shape index (κ2) is 13.2. The first-order chi connectivity index (χ1) is 14.5. The lowest BCUT2D eigenvalue weighted by Crippen LogP contribution is -2.28. The molecular weight excluding hydrogens is 408 g/mol. The number of Topliss-reactive ketones (excluding diaryl/α,β-unsaturated/α-hetero) is 1. The molecule has 1 unspecified atom stereocenters. The van der Waals surface area contributed by atoms with Gasteiger partial charge in [-0.25, -0.2) is 0 Å². The predicted molar refractivity (Wildman–Crippen MR) is 127 cm³/mol. The summed E-state index contributed by atoms with van der Waals surface area (Å²) >= 11 is 0. The summed E-state index contributed by atoms with van der Waals surface area (Å²) < 4.78 is 0. The van der Waals surface area contributed by atoms with E-state index in [0.29, 0.717) is 25.7 Å². The van der Waals surface area contributed by atoms with Crippen molar-refractivity contribution < 1.29 is 24.9 Å². The van der Waals surface area contributed by atoms with E-state index in [1.807, 2.05) is 12.2 Å². The molecule has 0 aromatic heterocycles. The maximum atomic E-state index is 12.4. The Hall–Kier alpha value is -1.42. The van der Waals surface area contributed by atoms with Crippen molar-refractivity contribution >= 4 is 19.8 Å². The van der Waals surface area contributed by atoms with E-state index < -0.39 is 25.7 Å². The molecule has 0 aliphatic heterocycles. The van der Waals surface area contributed by atoms with Crippen LogP contribution in [0.4, 0.5) is 0 Å². The van der Waals surface area contributed by atoms with Crippen LogP contribution in [0, 0.1) is 23.3 Å². The zero-order valence-corrected chi connectivity index (χ0v) is 20.8. The van der Waals surface area contributed by atoms with Crippen LogP contribution < -0.4 is 0 Å². The second-order valence-electron chi connectivity index (χ2n) is 10.0. The highest BCUT2D eigenvalue weighted by molar-refractivity contribution is 6.83. The van der Waals surface area contributed by atoms with Gasteiger partial charge >= 0.3 is 5.97 Å². The third-order valence-corrected chi connectivity index (χ3v) is 6.69. The minimum absolute atomic E-state index is 0.104. The SMILES string of the molecule is CCCCC(O)(C#C[Si](C)(C)C)CC=C[C@H]1[C@H](O)CC(=O)[C@@H]1CCCCCCC(=O)O. The number of carboxylic acids is 1. The summed E-state index contributed by atoms with van der Waals surface area (Å²) in [6, 6.07) is 0. The summed E-state index contributed by atoms with van der Waals surface area (Å²) in [6.45, 7) is 8.56. The van der Waals surface area contributed by atoms with Crippen LogP contribution >= 0.6 is 0 Å². The van der Waals surface area contributed by atoms with Crippen molar-refractivity contribution in [2.24, 2.45) is 11.8 Å². The van der Waals surface area contributed by atoms with E-state index in [-0.39, 0.29) is 30.5 Å². The number of hydrogen-bond donors (Lipinski definition) is 3. The van der Waals surface area contributed by atoms with Crippen molar-refractivity contribution in [1.82, 2.24) is 0 Å². The van der Waals surface area contributed by atoms with Gasteiger partial charge in [-0.1, -0.05) is 70.3 Å². The number of aliphatic hydroxyl groups excluding tert-OH is 1. The summed E-state index contributed by atoms with van der Waals surface area (Å²) in [5, 5.41) is 30.1. The summed E-state index contributed by atoms with van der Waals surface area (Å²) in [7, 11) is -1.60. The highest BCUT2D eigenvalue weighted by Gasteiger charge is 2.39. The lowest BCUT2D eigenvalue weighted by Gasteiger charge is -2.22. The quantitative estimate of drug-likeness (QED) is 0.163. The van der Waals surface area contributed by atoms with Crippen LogP contribution in [-0.4, -0.2) is 46.9 Å². The maximum absolute atomic E-state index is 12.4. The molecule has 1 fully saturated rings. The smallest absolute Gasteiger partial charge is 0.303 e.